The van der Waals surface area contributed by atoms with Crippen LogP contribution in [0.2, 0.25) is 0 Å². The van der Waals surface area contributed by atoms with Crippen LogP contribution in [0.4, 0.5) is 0 Å². The van der Waals surface area contributed by atoms with Gasteiger partial charge in [0.1, 0.15) is 11.9 Å². The normalized spacial score (nSPS) is 9.93. The monoisotopic (exact) mass is 238 g/mol. The minimum atomic E-state index is -0.527. The van der Waals surface area contributed by atoms with Crippen molar-refractivity contribution in [2.24, 2.45) is 0 Å². The third-order valence-corrected chi connectivity index (χ3v) is 3.05. The van der Waals surface area contributed by atoms with Crippen LogP contribution < -0.4 is 0 Å². The van der Waals surface area contributed by atoms with Gasteiger partial charge in [0, 0.05) is 10.4 Å². The van der Waals surface area contributed by atoms with Gasteiger partial charge < -0.3 is 4.29 Å². The van der Waals surface area contributed by atoms with Gasteiger partial charge in [0.2, 0.25) is 0 Å². The van der Waals surface area contributed by atoms with Crippen molar-refractivity contribution in [3.05, 3.63) is 47.3 Å². The third-order valence-electron chi connectivity index (χ3n) is 2.00. The smallest absolute Gasteiger partial charge is 0.343 e. The lowest BCUT2D eigenvalue weighted by Gasteiger charge is -2.03. The summed E-state index contributed by atoms with van der Waals surface area (Å²) in [6.45, 7) is 0. The Morgan fingerprint density at radius 2 is 2.00 bits per heavy atom. The zero-order valence-electron chi connectivity index (χ0n) is 7.64. The molecule has 0 saturated heterocycles. The predicted octanol–water partition coefficient (Wildman–Crippen LogP) is 3.73. The van der Waals surface area contributed by atoms with Crippen LogP contribution in [0.1, 0.15) is 10.4 Å². The maximum atomic E-state index is 11.4. The van der Waals surface area contributed by atoms with E-state index >= 15 is 0 Å². The number of hydrogen-bond donors (Lipinski definition) is 0. The first-order valence-corrected chi connectivity index (χ1v) is 5.47. The van der Waals surface area contributed by atoms with Crippen molar-refractivity contribution in [2.45, 2.75) is 0 Å². The molecule has 1 aromatic carbocycles. The number of rotatable bonds is 2. The average Bonchev–Trinajstić information content (AvgIpc) is 2.81. The SMILES string of the molecule is O=C(OCl)c1ccccc1-c1cccs1. The highest BCUT2D eigenvalue weighted by Gasteiger charge is 2.13. The summed E-state index contributed by atoms with van der Waals surface area (Å²) in [4.78, 5) is 12.4. The first kappa shape index (κ1) is 10.2. The maximum Gasteiger partial charge on any atom is 0.356 e. The average molecular weight is 239 g/mol. The summed E-state index contributed by atoms with van der Waals surface area (Å²) in [5.74, 6) is -0.527. The summed E-state index contributed by atoms with van der Waals surface area (Å²) in [6.07, 6.45) is 0. The molecule has 2 nitrogen and oxygen atoms in total. The standard InChI is InChI=1S/C11H7ClO2S/c12-14-11(13)9-5-2-1-4-8(9)10-6-3-7-15-10/h1-7H. The summed E-state index contributed by atoms with van der Waals surface area (Å²) >= 11 is 6.64. The molecule has 0 aliphatic carbocycles. The van der Waals surface area contributed by atoms with Crippen molar-refractivity contribution in [1.82, 2.24) is 0 Å². The second-order valence-corrected chi connectivity index (χ2v) is 3.99. The topological polar surface area (TPSA) is 26.3 Å². The molecule has 0 aliphatic rings. The van der Waals surface area contributed by atoms with E-state index in [-0.39, 0.29) is 0 Å². The Morgan fingerprint density at radius 1 is 1.20 bits per heavy atom. The van der Waals surface area contributed by atoms with Crippen LogP contribution in [0.15, 0.2) is 41.8 Å². The molecule has 1 heterocycles. The first-order chi connectivity index (χ1) is 7.33. The lowest BCUT2D eigenvalue weighted by atomic mass is 10.1. The Hall–Kier alpha value is -1.32. The van der Waals surface area contributed by atoms with Crippen molar-refractivity contribution in [2.75, 3.05) is 0 Å². The van der Waals surface area contributed by atoms with Crippen molar-refractivity contribution in [3.63, 3.8) is 0 Å². The summed E-state index contributed by atoms with van der Waals surface area (Å²) in [7, 11) is 0. The van der Waals surface area contributed by atoms with E-state index in [9.17, 15) is 4.79 Å². The molecule has 0 N–H and O–H groups in total. The molecule has 0 unspecified atom stereocenters. The summed E-state index contributed by atoms with van der Waals surface area (Å²) in [5, 5.41) is 1.96. The molecule has 0 bridgehead atoms. The molecule has 0 amide bonds. The Morgan fingerprint density at radius 3 is 2.67 bits per heavy atom. The molecule has 4 heteroatoms. The van der Waals surface area contributed by atoms with E-state index < -0.39 is 5.97 Å². The summed E-state index contributed by atoms with van der Waals surface area (Å²) in [5.41, 5.74) is 1.33. The predicted molar refractivity (Wildman–Crippen MR) is 61.0 cm³/mol. The summed E-state index contributed by atoms with van der Waals surface area (Å²) < 4.78 is 4.21. The van der Waals surface area contributed by atoms with Crippen LogP contribution in [0.3, 0.4) is 0 Å². The van der Waals surface area contributed by atoms with Crippen molar-refractivity contribution < 1.29 is 9.08 Å². The second kappa shape index (κ2) is 4.47. The van der Waals surface area contributed by atoms with E-state index in [0.717, 1.165) is 10.4 Å². The minimum Gasteiger partial charge on any atom is -0.343 e. The third kappa shape index (κ3) is 2.03. The number of halogens is 1. The van der Waals surface area contributed by atoms with Gasteiger partial charge in [0.25, 0.3) is 0 Å². The molecule has 0 saturated carbocycles. The van der Waals surface area contributed by atoms with Crippen LogP contribution in [0.5, 0.6) is 0 Å². The van der Waals surface area contributed by atoms with Gasteiger partial charge in [-0.1, -0.05) is 24.3 Å². The maximum absolute atomic E-state index is 11.4. The fourth-order valence-corrected chi connectivity index (χ4v) is 2.20. The zero-order valence-corrected chi connectivity index (χ0v) is 9.22. The van der Waals surface area contributed by atoms with Gasteiger partial charge in [-0.2, -0.15) is 0 Å². The number of hydrogen-bond acceptors (Lipinski definition) is 3. The van der Waals surface area contributed by atoms with E-state index in [1.807, 2.05) is 29.6 Å². The van der Waals surface area contributed by atoms with E-state index in [1.165, 1.54) is 0 Å². The number of carbonyl (C=O) groups is 1. The molecule has 0 aliphatic heterocycles. The van der Waals surface area contributed by atoms with Gasteiger partial charge in [-0.15, -0.1) is 11.3 Å². The number of thiophene rings is 1. The molecule has 0 fully saturated rings. The first-order valence-electron chi connectivity index (χ1n) is 4.29. The quantitative estimate of drug-likeness (QED) is 0.797. The van der Waals surface area contributed by atoms with Gasteiger partial charge in [-0.3, -0.25) is 0 Å². The Kier molecular flexibility index (Phi) is 3.04. The second-order valence-electron chi connectivity index (χ2n) is 2.89. The summed E-state index contributed by atoms with van der Waals surface area (Å²) in [6, 6.07) is 11.1. The molecule has 15 heavy (non-hydrogen) atoms. The van der Waals surface area contributed by atoms with Crippen LogP contribution in [-0.4, -0.2) is 5.97 Å². The molecular weight excluding hydrogens is 232 g/mol. The zero-order chi connectivity index (χ0) is 10.7. The highest BCUT2D eigenvalue weighted by atomic mass is 35.5. The largest absolute Gasteiger partial charge is 0.356 e. The van der Waals surface area contributed by atoms with Crippen molar-refractivity contribution in [3.8, 4) is 10.4 Å². The van der Waals surface area contributed by atoms with Crippen LogP contribution in [0.25, 0.3) is 10.4 Å². The lowest BCUT2D eigenvalue weighted by Crippen LogP contribution is -1.99. The van der Waals surface area contributed by atoms with E-state index in [0.29, 0.717) is 5.56 Å². The van der Waals surface area contributed by atoms with Crippen molar-refractivity contribution in [1.29, 1.82) is 0 Å². The lowest BCUT2D eigenvalue weighted by molar-refractivity contribution is 0.0752. The van der Waals surface area contributed by atoms with Gasteiger partial charge in [-0.05, 0) is 17.5 Å². The van der Waals surface area contributed by atoms with Crippen LogP contribution in [0, 0.1) is 0 Å². The van der Waals surface area contributed by atoms with E-state index in [1.54, 1.807) is 23.5 Å². The van der Waals surface area contributed by atoms with E-state index in [2.05, 4.69) is 4.29 Å². The Balaban J connectivity index is 2.52. The van der Waals surface area contributed by atoms with Crippen molar-refractivity contribution >= 4 is 29.2 Å². The van der Waals surface area contributed by atoms with Gasteiger partial charge in [-0.25, -0.2) is 4.79 Å². The Labute approximate surface area is 96.2 Å². The molecule has 2 aromatic rings. The van der Waals surface area contributed by atoms with Gasteiger partial charge in [0.15, 0.2) is 0 Å². The molecule has 0 atom stereocenters. The fraction of sp³-hybridized carbons (Fsp3) is 0. The van der Waals surface area contributed by atoms with Crippen LogP contribution >= 0.6 is 23.2 Å². The van der Waals surface area contributed by atoms with Gasteiger partial charge >= 0.3 is 5.97 Å². The molecule has 0 radical (unpaired) electrons. The van der Waals surface area contributed by atoms with Crippen LogP contribution in [-0.2, 0) is 4.29 Å². The van der Waals surface area contributed by atoms with Gasteiger partial charge in [0.05, 0.1) is 5.56 Å². The number of benzene rings is 1. The molecule has 76 valence electrons. The molecule has 1 aromatic heterocycles. The highest BCUT2D eigenvalue weighted by Crippen LogP contribution is 2.28. The Bertz CT molecular complexity index is 465. The fourth-order valence-electron chi connectivity index (χ4n) is 1.35. The highest BCUT2D eigenvalue weighted by molar-refractivity contribution is 7.13. The van der Waals surface area contributed by atoms with E-state index in [4.69, 9.17) is 11.9 Å². The minimum absolute atomic E-state index is 0.481. The molecule has 2 rings (SSSR count). The molecular formula is C11H7ClO2S. The number of carbonyl (C=O) groups excluding carboxylic acids is 1. The molecule has 0 spiro atoms.